The summed E-state index contributed by atoms with van der Waals surface area (Å²) in [6.45, 7) is 0.818. The number of hydrogen-bond donors (Lipinski definition) is 3. The van der Waals surface area contributed by atoms with E-state index >= 15 is 0 Å². The molecule has 1 aromatic carbocycles. The number of nitrogens with one attached hydrogen (secondary N) is 1. The van der Waals surface area contributed by atoms with E-state index in [-0.39, 0.29) is 30.4 Å². The third-order valence-electron chi connectivity index (χ3n) is 4.28. The lowest BCUT2D eigenvalue weighted by atomic mass is 9.96. The van der Waals surface area contributed by atoms with Gasteiger partial charge in [0.2, 0.25) is 0 Å². The van der Waals surface area contributed by atoms with Crippen LogP contribution in [0, 0.1) is 5.82 Å². The van der Waals surface area contributed by atoms with Gasteiger partial charge < -0.3 is 15.5 Å². The number of nitrogens with zero attached hydrogens (tertiary/aromatic N) is 2. The number of piperidine rings is 1. The van der Waals surface area contributed by atoms with Gasteiger partial charge in [0.25, 0.3) is 5.56 Å². The van der Waals surface area contributed by atoms with E-state index < -0.39 is 23.6 Å². The monoisotopic (exact) mass is 357 g/mol. The van der Waals surface area contributed by atoms with Crippen LogP contribution in [-0.4, -0.2) is 44.6 Å². The van der Waals surface area contributed by atoms with Crippen LogP contribution in [0.5, 0.6) is 0 Å². The molecule has 132 valence electrons. The molecule has 6 nitrogen and oxygen atoms in total. The summed E-state index contributed by atoms with van der Waals surface area (Å²) in [5.41, 5.74) is -0.214. The summed E-state index contributed by atoms with van der Waals surface area (Å²) in [5.74, 6) is -0.617. The van der Waals surface area contributed by atoms with Gasteiger partial charge in [-0.25, -0.2) is 9.37 Å². The van der Waals surface area contributed by atoms with Crippen molar-refractivity contribution in [3.63, 3.8) is 0 Å². The molecule has 0 bridgehead atoms. The number of aromatic nitrogens is 2. The van der Waals surface area contributed by atoms with E-state index in [9.17, 15) is 19.4 Å². The highest BCUT2D eigenvalue weighted by Gasteiger charge is 2.25. The number of rotatable bonds is 4. The molecule has 1 aliphatic rings. The van der Waals surface area contributed by atoms with E-state index in [1.54, 1.807) is 6.07 Å². The lowest BCUT2D eigenvalue weighted by Gasteiger charge is -2.30. The molecule has 0 amide bonds. The molecule has 3 N–H and O–H groups in total. The summed E-state index contributed by atoms with van der Waals surface area (Å²) in [5, 5.41) is 23.2. The second kappa shape index (κ2) is 8.02. The van der Waals surface area contributed by atoms with E-state index in [0.717, 1.165) is 13.0 Å². The highest BCUT2D eigenvalue weighted by atomic mass is 35.5. The lowest BCUT2D eigenvalue weighted by Crippen LogP contribution is -2.47. The Labute approximate surface area is 144 Å². The quantitative estimate of drug-likeness (QED) is 0.754. The van der Waals surface area contributed by atoms with Gasteiger partial charge in [0.05, 0.1) is 30.6 Å². The molecule has 1 aromatic heterocycles. The maximum Gasteiger partial charge on any atom is 0.264 e. The topological polar surface area (TPSA) is 87.4 Å². The molecule has 0 spiro atoms. The minimum absolute atomic E-state index is 0. The Hall–Kier alpha value is -1.54. The smallest absolute Gasteiger partial charge is 0.264 e. The molecule has 0 saturated carbocycles. The van der Waals surface area contributed by atoms with Crippen molar-refractivity contribution in [2.45, 2.75) is 44.1 Å². The first-order valence-corrected chi connectivity index (χ1v) is 7.79. The summed E-state index contributed by atoms with van der Waals surface area (Å²) in [6.07, 6.45) is 1.92. The molecule has 1 aliphatic heterocycles. The van der Waals surface area contributed by atoms with E-state index in [4.69, 9.17) is 0 Å². The molecule has 0 unspecified atom stereocenters. The van der Waals surface area contributed by atoms with Crippen molar-refractivity contribution in [2.24, 2.45) is 0 Å². The second-order valence-electron chi connectivity index (χ2n) is 6.00. The van der Waals surface area contributed by atoms with E-state index in [0.29, 0.717) is 18.4 Å². The molecule has 0 radical (unpaired) electrons. The number of fused-ring (bicyclic) bond motifs is 1. The van der Waals surface area contributed by atoms with Gasteiger partial charge in [-0.15, -0.1) is 12.4 Å². The Morgan fingerprint density at radius 2 is 2.25 bits per heavy atom. The zero-order chi connectivity index (χ0) is 16.4. The van der Waals surface area contributed by atoms with Gasteiger partial charge in [-0.05, 0) is 37.9 Å². The van der Waals surface area contributed by atoms with Crippen LogP contribution in [0.4, 0.5) is 4.39 Å². The molecule has 0 aliphatic carbocycles. The Kier molecular flexibility index (Phi) is 6.28. The highest BCUT2D eigenvalue weighted by molar-refractivity contribution is 5.85. The van der Waals surface area contributed by atoms with Gasteiger partial charge in [-0.3, -0.25) is 9.36 Å². The lowest BCUT2D eigenvalue weighted by molar-refractivity contribution is 0.0539. The molecule has 2 aromatic rings. The van der Waals surface area contributed by atoms with Gasteiger partial charge >= 0.3 is 0 Å². The average Bonchev–Trinajstić information content (AvgIpc) is 2.52. The van der Waals surface area contributed by atoms with Crippen LogP contribution >= 0.6 is 12.4 Å². The molecule has 3 rings (SSSR count). The average molecular weight is 358 g/mol. The summed E-state index contributed by atoms with van der Waals surface area (Å²) in [7, 11) is 0. The molecule has 2 heterocycles. The molecular formula is C16H21ClFN3O3. The number of aliphatic hydroxyl groups excluding tert-OH is 2. The molecule has 8 heteroatoms. The standard InChI is InChI=1S/C16H20FN3O3.ClH/c17-11-3-1-4-12-15(11)16(23)20(9-19-12)8-10(21)7-13-14(22)5-2-6-18-13;/h1,3-4,9-10,13-14,18,21-22H,2,5-8H2;1H/t10-,13+,14-;/m0./s1. The maximum absolute atomic E-state index is 13.8. The Morgan fingerprint density at radius 1 is 1.46 bits per heavy atom. The SMILES string of the molecule is Cl.O=c1c2c(F)cccc2ncn1C[C@@H](O)C[C@H]1NCCC[C@@H]1O. The van der Waals surface area contributed by atoms with Crippen molar-refractivity contribution in [1.29, 1.82) is 0 Å². The van der Waals surface area contributed by atoms with Crippen molar-refractivity contribution in [3.05, 3.63) is 40.7 Å². The zero-order valence-electron chi connectivity index (χ0n) is 13.1. The van der Waals surface area contributed by atoms with Gasteiger partial charge in [-0.2, -0.15) is 0 Å². The maximum atomic E-state index is 13.8. The van der Waals surface area contributed by atoms with Crippen molar-refractivity contribution in [2.75, 3.05) is 6.54 Å². The van der Waals surface area contributed by atoms with E-state index in [1.165, 1.54) is 23.0 Å². The summed E-state index contributed by atoms with van der Waals surface area (Å²) < 4.78 is 15.0. The third kappa shape index (κ3) is 3.92. The van der Waals surface area contributed by atoms with Crippen molar-refractivity contribution in [3.8, 4) is 0 Å². The normalized spacial score (nSPS) is 22.1. The summed E-state index contributed by atoms with van der Waals surface area (Å²) >= 11 is 0. The first-order valence-electron chi connectivity index (χ1n) is 7.79. The first kappa shape index (κ1) is 18.8. The molecular weight excluding hydrogens is 337 g/mol. The summed E-state index contributed by atoms with van der Waals surface area (Å²) in [4.78, 5) is 16.4. The highest BCUT2D eigenvalue weighted by Crippen LogP contribution is 2.14. The molecule has 1 fully saturated rings. The van der Waals surface area contributed by atoms with Crippen molar-refractivity contribution >= 4 is 23.3 Å². The van der Waals surface area contributed by atoms with Crippen molar-refractivity contribution in [1.82, 2.24) is 14.9 Å². The van der Waals surface area contributed by atoms with Crippen LogP contribution in [0.15, 0.2) is 29.3 Å². The Morgan fingerprint density at radius 3 is 3.00 bits per heavy atom. The minimum atomic E-state index is -0.830. The number of halogens is 2. The number of benzene rings is 1. The van der Waals surface area contributed by atoms with Crippen LogP contribution in [0.1, 0.15) is 19.3 Å². The largest absolute Gasteiger partial charge is 0.392 e. The first-order chi connectivity index (χ1) is 11.1. The fourth-order valence-corrected chi connectivity index (χ4v) is 3.06. The zero-order valence-corrected chi connectivity index (χ0v) is 13.9. The van der Waals surface area contributed by atoms with Gasteiger partial charge in [0.15, 0.2) is 0 Å². The van der Waals surface area contributed by atoms with E-state index in [2.05, 4.69) is 10.3 Å². The van der Waals surface area contributed by atoms with Crippen LogP contribution in [0.2, 0.25) is 0 Å². The van der Waals surface area contributed by atoms with Crippen LogP contribution in [0.3, 0.4) is 0 Å². The summed E-state index contributed by atoms with van der Waals surface area (Å²) in [6, 6.07) is 4.09. The predicted molar refractivity (Wildman–Crippen MR) is 90.9 cm³/mol. The predicted octanol–water partition coefficient (Wildman–Crippen LogP) is 0.821. The number of aliphatic hydroxyl groups is 2. The van der Waals surface area contributed by atoms with Gasteiger partial charge in [0, 0.05) is 6.04 Å². The fourth-order valence-electron chi connectivity index (χ4n) is 3.06. The van der Waals surface area contributed by atoms with Crippen LogP contribution in [0.25, 0.3) is 10.9 Å². The Bertz CT molecular complexity index is 755. The van der Waals surface area contributed by atoms with Gasteiger partial charge in [0.1, 0.15) is 11.2 Å². The minimum Gasteiger partial charge on any atom is -0.392 e. The van der Waals surface area contributed by atoms with Gasteiger partial charge in [-0.1, -0.05) is 6.07 Å². The van der Waals surface area contributed by atoms with Crippen molar-refractivity contribution < 1.29 is 14.6 Å². The van der Waals surface area contributed by atoms with E-state index in [1.807, 2.05) is 0 Å². The molecule has 1 saturated heterocycles. The number of hydrogen-bond acceptors (Lipinski definition) is 5. The molecule has 24 heavy (non-hydrogen) atoms. The van der Waals surface area contributed by atoms with Crippen LogP contribution < -0.4 is 10.9 Å². The Balaban J connectivity index is 0.00000208. The second-order valence-corrected chi connectivity index (χ2v) is 6.00. The third-order valence-corrected chi connectivity index (χ3v) is 4.28. The fraction of sp³-hybridized carbons (Fsp3) is 0.500. The molecule has 3 atom stereocenters. The van der Waals surface area contributed by atoms with Crippen LogP contribution in [-0.2, 0) is 6.54 Å².